The maximum atomic E-state index is 11.5. The van der Waals surface area contributed by atoms with Crippen molar-refractivity contribution < 1.29 is 9.53 Å². The van der Waals surface area contributed by atoms with E-state index >= 15 is 0 Å². The van der Waals surface area contributed by atoms with Gasteiger partial charge in [-0.3, -0.25) is 0 Å². The van der Waals surface area contributed by atoms with Gasteiger partial charge in [0.25, 0.3) is 0 Å². The summed E-state index contributed by atoms with van der Waals surface area (Å²) in [5.74, 6) is 1.90. The number of aromatic nitrogens is 2. The number of hydrogen-bond acceptors (Lipinski definition) is 4. The predicted octanol–water partition coefficient (Wildman–Crippen LogP) is 1.66. The summed E-state index contributed by atoms with van der Waals surface area (Å²) in [6.45, 7) is 4.11. The second-order valence-corrected chi connectivity index (χ2v) is 4.57. The van der Waals surface area contributed by atoms with Gasteiger partial charge in [0.1, 0.15) is 0 Å². The number of carbonyl (C=O) groups is 1. The van der Waals surface area contributed by atoms with E-state index in [1.807, 2.05) is 18.7 Å². The summed E-state index contributed by atoms with van der Waals surface area (Å²) in [7, 11) is 0. The summed E-state index contributed by atoms with van der Waals surface area (Å²) < 4.78 is 7.01. The normalized spacial score (nSPS) is 16.1. The Morgan fingerprint density at radius 3 is 3.00 bits per heavy atom. The standard InChI is InChI=1S/C10H14N2O2S/c1-3-14-10(13)9-7(2)12(6-11-9)8-4-15-5-8/h6,8H,3-5H2,1-2H3. The highest BCUT2D eigenvalue weighted by molar-refractivity contribution is 8.00. The molecule has 1 aliphatic heterocycles. The van der Waals surface area contributed by atoms with E-state index in [2.05, 4.69) is 9.55 Å². The van der Waals surface area contributed by atoms with Crippen molar-refractivity contribution in [2.75, 3.05) is 18.1 Å². The Labute approximate surface area is 93.0 Å². The van der Waals surface area contributed by atoms with Gasteiger partial charge in [-0.25, -0.2) is 9.78 Å². The SMILES string of the molecule is CCOC(=O)c1ncn(C2CSC2)c1C. The molecular weight excluding hydrogens is 212 g/mol. The smallest absolute Gasteiger partial charge is 0.358 e. The van der Waals surface area contributed by atoms with E-state index in [9.17, 15) is 4.79 Å². The minimum atomic E-state index is -0.319. The number of esters is 1. The molecule has 0 aliphatic carbocycles. The first-order chi connectivity index (χ1) is 7.24. The second kappa shape index (κ2) is 4.26. The van der Waals surface area contributed by atoms with Gasteiger partial charge in [0, 0.05) is 17.2 Å². The first kappa shape index (κ1) is 10.5. The molecule has 0 spiro atoms. The molecule has 1 saturated heterocycles. The second-order valence-electron chi connectivity index (χ2n) is 3.50. The molecule has 1 fully saturated rings. The molecule has 1 aromatic rings. The van der Waals surface area contributed by atoms with Crippen LogP contribution in [0.1, 0.15) is 29.1 Å². The van der Waals surface area contributed by atoms with Crippen LogP contribution in [0.3, 0.4) is 0 Å². The summed E-state index contributed by atoms with van der Waals surface area (Å²) in [5, 5.41) is 0. The number of rotatable bonds is 3. The fourth-order valence-electron chi connectivity index (χ4n) is 1.57. The quantitative estimate of drug-likeness (QED) is 0.735. The molecule has 0 saturated carbocycles. The largest absolute Gasteiger partial charge is 0.461 e. The lowest BCUT2D eigenvalue weighted by atomic mass is 10.3. The van der Waals surface area contributed by atoms with Crippen molar-refractivity contribution in [1.82, 2.24) is 9.55 Å². The van der Waals surface area contributed by atoms with Crippen molar-refractivity contribution in [1.29, 1.82) is 0 Å². The van der Waals surface area contributed by atoms with E-state index in [-0.39, 0.29) is 5.97 Å². The Kier molecular flexibility index (Phi) is 3.00. The fourth-order valence-corrected chi connectivity index (χ4v) is 2.34. The van der Waals surface area contributed by atoms with Gasteiger partial charge in [-0.15, -0.1) is 0 Å². The monoisotopic (exact) mass is 226 g/mol. The number of nitrogens with zero attached hydrogens (tertiary/aromatic N) is 2. The minimum Gasteiger partial charge on any atom is -0.461 e. The van der Waals surface area contributed by atoms with Crippen LogP contribution in [-0.2, 0) is 4.74 Å². The first-order valence-corrected chi connectivity index (χ1v) is 6.17. The third-order valence-corrected chi connectivity index (χ3v) is 3.76. The molecule has 1 aliphatic rings. The van der Waals surface area contributed by atoms with Gasteiger partial charge < -0.3 is 9.30 Å². The lowest BCUT2D eigenvalue weighted by molar-refractivity contribution is 0.0519. The molecule has 5 heteroatoms. The van der Waals surface area contributed by atoms with E-state index in [1.54, 1.807) is 13.3 Å². The van der Waals surface area contributed by atoms with Crippen LogP contribution in [0.2, 0.25) is 0 Å². The van der Waals surface area contributed by atoms with Crippen molar-refractivity contribution in [2.24, 2.45) is 0 Å². The molecular formula is C10H14N2O2S. The molecule has 1 aromatic heterocycles. The fraction of sp³-hybridized carbons (Fsp3) is 0.600. The maximum absolute atomic E-state index is 11.5. The number of imidazole rings is 1. The Balaban J connectivity index is 2.19. The van der Waals surface area contributed by atoms with Crippen LogP contribution in [-0.4, -0.2) is 33.6 Å². The average molecular weight is 226 g/mol. The summed E-state index contributed by atoms with van der Waals surface area (Å²) in [6.07, 6.45) is 1.74. The highest BCUT2D eigenvalue weighted by Crippen LogP contribution is 2.30. The maximum Gasteiger partial charge on any atom is 0.358 e. The van der Waals surface area contributed by atoms with Gasteiger partial charge >= 0.3 is 5.97 Å². The average Bonchev–Trinajstić information content (AvgIpc) is 2.46. The molecule has 0 bridgehead atoms. The Hall–Kier alpha value is -0.970. The van der Waals surface area contributed by atoms with Crippen molar-refractivity contribution >= 4 is 17.7 Å². The highest BCUT2D eigenvalue weighted by Gasteiger charge is 2.24. The van der Waals surface area contributed by atoms with Gasteiger partial charge in [0.2, 0.25) is 0 Å². The van der Waals surface area contributed by atoms with Gasteiger partial charge in [-0.05, 0) is 13.8 Å². The molecule has 2 heterocycles. The zero-order valence-corrected chi connectivity index (χ0v) is 9.71. The Morgan fingerprint density at radius 1 is 1.73 bits per heavy atom. The molecule has 0 N–H and O–H groups in total. The summed E-state index contributed by atoms with van der Waals surface area (Å²) in [6, 6.07) is 0.505. The number of thioether (sulfide) groups is 1. The lowest BCUT2D eigenvalue weighted by Gasteiger charge is -2.27. The van der Waals surface area contributed by atoms with Gasteiger partial charge in [-0.1, -0.05) is 0 Å². The molecule has 0 aromatic carbocycles. The Bertz CT molecular complexity index is 371. The van der Waals surface area contributed by atoms with Crippen LogP contribution in [0.5, 0.6) is 0 Å². The van der Waals surface area contributed by atoms with E-state index in [1.165, 1.54) is 0 Å². The molecule has 0 radical (unpaired) electrons. The van der Waals surface area contributed by atoms with Crippen LogP contribution in [0, 0.1) is 6.92 Å². The summed E-state index contributed by atoms with van der Waals surface area (Å²) in [5.41, 5.74) is 1.37. The van der Waals surface area contributed by atoms with Crippen molar-refractivity contribution in [2.45, 2.75) is 19.9 Å². The molecule has 82 valence electrons. The topological polar surface area (TPSA) is 44.1 Å². The van der Waals surface area contributed by atoms with E-state index in [0.717, 1.165) is 17.2 Å². The third kappa shape index (κ3) is 1.88. The van der Waals surface area contributed by atoms with Crippen molar-refractivity contribution in [3.63, 3.8) is 0 Å². The first-order valence-electron chi connectivity index (χ1n) is 5.02. The third-order valence-electron chi connectivity index (χ3n) is 2.52. The molecule has 0 atom stereocenters. The van der Waals surface area contributed by atoms with Gasteiger partial charge in [0.15, 0.2) is 5.69 Å². The molecule has 0 amide bonds. The number of carbonyl (C=O) groups excluding carboxylic acids is 1. The van der Waals surface area contributed by atoms with E-state index in [0.29, 0.717) is 18.3 Å². The van der Waals surface area contributed by atoms with Crippen LogP contribution >= 0.6 is 11.8 Å². The van der Waals surface area contributed by atoms with Crippen LogP contribution in [0.25, 0.3) is 0 Å². The lowest BCUT2D eigenvalue weighted by Crippen LogP contribution is -2.23. The zero-order chi connectivity index (χ0) is 10.8. The van der Waals surface area contributed by atoms with Gasteiger partial charge in [-0.2, -0.15) is 11.8 Å². The number of ether oxygens (including phenoxy) is 1. The van der Waals surface area contributed by atoms with E-state index in [4.69, 9.17) is 4.74 Å². The zero-order valence-electron chi connectivity index (χ0n) is 8.90. The Morgan fingerprint density at radius 2 is 2.47 bits per heavy atom. The molecule has 4 nitrogen and oxygen atoms in total. The number of hydrogen-bond donors (Lipinski definition) is 0. The predicted molar refractivity (Wildman–Crippen MR) is 59.3 cm³/mol. The van der Waals surface area contributed by atoms with Crippen LogP contribution in [0.4, 0.5) is 0 Å². The molecule has 0 unspecified atom stereocenters. The molecule has 15 heavy (non-hydrogen) atoms. The molecule has 2 rings (SSSR count). The van der Waals surface area contributed by atoms with Crippen LogP contribution < -0.4 is 0 Å². The van der Waals surface area contributed by atoms with Crippen molar-refractivity contribution in [3.8, 4) is 0 Å². The summed E-state index contributed by atoms with van der Waals surface area (Å²) in [4.78, 5) is 15.6. The van der Waals surface area contributed by atoms with Crippen LogP contribution in [0.15, 0.2) is 6.33 Å². The van der Waals surface area contributed by atoms with E-state index < -0.39 is 0 Å². The van der Waals surface area contributed by atoms with Crippen molar-refractivity contribution in [3.05, 3.63) is 17.7 Å². The minimum absolute atomic E-state index is 0.319. The summed E-state index contributed by atoms with van der Waals surface area (Å²) >= 11 is 1.91. The highest BCUT2D eigenvalue weighted by atomic mass is 32.2. The van der Waals surface area contributed by atoms with Gasteiger partial charge in [0.05, 0.1) is 19.0 Å².